The molecule has 1 unspecified atom stereocenters. The largest absolute Gasteiger partial charge is 0.459 e. The Balaban J connectivity index is 2.12. The molecule has 0 amide bonds. The number of esters is 1. The predicted molar refractivity (Wildman–Crippen MR) is 96.0 cm³/mol. The predicted octanol–water partition coefficient (Wildman–Crippen LogP) is 3.67. The van der Waals surface area contributed by atoms with E-state index in [4.69, 9.17) is 9.16 Å². The van der Waals surface area contributed by atoms with Gasteiger partial charge in [0.05, 0.1) is 5.92 Å². The van der Waals surface area contributed by atoms with Crippen LogP contribution >= 0.6 is 0 Å². The molecule has 4 nitrogen and oxygen atoms in total. The lowest BCUT2D eigenvalue weighted by molar-refractivity contribution is -0.152. The topological polar surface area (TPSA) is 38.8 Å². The first-order valence-corrected chi connectivity index (χ1v) is 11.8. The van der Waals surface area contributed by atoms with E-state index in [-0.39, 0.29) is 34.5 Å². The zero-order chi connectivity index (χ0) is 17.6. The van der Waals surface area contributed by atoms with Gasteiger partial charge in [0.25, 0.3) is 0 Å². The molecule has 0 aromatic heterocycles. The average Bonchev–Trinajstić information content (AvgIpc) is 2.59. The maximum absolute atomic E-state index is 12.4. The van der Waals surface area contributed by atoms with Gasteiger partial charge in [-0.15, -0.1) is 0 Å². The van der Waals surface area contributed by atoms with Crippen molar-refractivity contribution in [2.45, 2.75) is 76.8 Å². The minimum Gasteiger partial charge on any atom is -0.459 e. The summed E-state index contributed by atoms with van der Waals surface area (Å²) in [6.45, 7) is 14.4. The van der Waals surface area contributed by atoms with Crippen molar-refractivity contribution in [1.29, 1.82) is 0 Å². The first-order chi connectivity index (χ1) is 10.4. The van der Waals surface area contributed by atoms with Gasteiger partial charge in [0.1, 0.15) is 5.60 Å². The monoisotopic (exact) mass is 341 g/mol. The van der Waals surface area contributed by atoms with Crippen LogP contribution in [0.4, 0.5) is 0 Å². The van der Waals surface area contributed by atoms with Gasteiger partial charge in [-0.1, -0.05) is 20.8 Å². The lowest BCUT2D eigenvalue weighted by Gasteiger charge is -2.44. The van der Waals surface area contributed by atoms with E-state index in [1.54, 1.807) is 0 Å². The molecule has 2 aliphatic rings. The summed E-state index contributed by atoms with van der Waals surface area (Å²) in [4.78, 5) is 14.4. The van der Waals surface area contributed by atoms with E-state index in [0.717, 1.165) is 25.8 Å². The molecule has 0 spiro atoms. The van der Waals surface area contributed by atoms with E-state index in [0.29, 0.717) is 0 Å². The van der Waals surface area contributed by atoms with Gasteiger partial charge >= 0.3 is 5.97 Å². The van der Waals surface area contributed by atoms with Gasteiger partial charge in [-0.25, -0.2) is 0 Å². The highest BCUT2D eigenvalue weighted by Crippen LogP contribution is 2.49. The summed E-state index contributed by atoms with van der Waals surface area (Å²) in [5.74, 6) is 0.251. The molecule has 4 atom stereocenters. The fraction of sp³-hybridized carbons (Fsp3) is 0.944. The van der Waals surface area contributed by atoms with Crippen LogP contribution in [-0.2, 0) is 14.0 Å². The molecule has 0 aromatic carbocycles. The number of fused-ring (bicyclic) bond motifs is 1. The Bertz CT molecular complexity index is 458. The summed E-state index contributed by atoms with van der Waals surface area (Å²) in [6, 6.07) is 0. The molecule has 1 saturated heterocycles. The van der Waals surface area contributed by atoms with Crippen LogP contribution in [0.5, 0.6) is 0 Å². The van der Waals surface area contributed by atoms with Gasteiger partial charge in [0.15, 0.2) is 8.32 Å². The molecule has 0 aromatic rings. The number of carbonyl (C=O) groups is 1. The average molecular weight is 342 g/mol. The summed E-state index contributed by atoms with van der Waals surface area (Å²) in [5, 5.41) is 0.221. The minimum atomic E-state index is -1.77. The van der Waals surface area contributed by atoms with Gasteiger partial charge in [0.2, 0.25) is 0 Å². The molecule has 134 valence electrons. The van der Waals surface area contributed by atoms with Crippen LogP contribution in [0.1, 0.15) is 47.0 Å². The van der Waals surface area contributed by atoms with E-state index in [1.807, 2.05) is 14.1 Å². The Kier molecular flexibility index (Phi) is 5.07. The maximum atomic E-state index is 12.4. The summed E-state index contributed by atoms with van der Waals surface area (Å²) in [7, 11) is 2.28. The van der Waals surface area contributed by atoms with E-state index in [1.165, 1.54) is 0 Å². The van der Waals surface area contributed by atoms with Crippen molar-refractivity contribution in [1.82, 2.24) is 4.90 Å². The quantitative estimate of drug-likeness (QED) is 0.578. The zero-order valence-electron chi connectivity index (χ0n) is 16.2. The summed E-state index contributed by atoms with van der Waals surface area (Å²) >= 11 is 0. The first-order valence-electron chi connectivity index (χ1n) is 8.91. The summed E-state index contributed by atoms with van der Waals surface area (Å²) in [5.41, 5.74) is -0.287. The van der Waals surface area contributed by atoms with E-state index < -0.39 is 8.32 Å². The molecule has 5 heteroatoms. The van der Waals surface area contributed by atoms with Gasteiger partial charge in [0, 0.05) is 18.6 Å². The molecule has 0 radical (unpaired) electrons. The van der Waals surface area contributed by atoms with E-state index in [9.17, 15) is 4.79 Å². The molecule has 2 fully saturated rings. The smallest absolute Gasteiger partial charge is 0.311 e. The molecule has 0 N–H and O–H groups in total. The third kappa shape index (κ3) is 3.82. The Labute approximate surface area is 143 Å². The molecule has 0 bridgehead atoms. The fourth-order valence-electron chi connectivity index (χ4n) is 3.77. The van der Waals surface area contributed by atoms with Crippen molar-refractivity contribution >= 4 is 14.3 Å². The molecule has 1 saturated carbocycles. The van der Waals surface area contributed by atoms with Gasteiger partial charge < -0.3 is 14.1 Å². The van der Waals surface area contributed by atoms with Crippen molar-refractivity contribution in [3.8, 4) is 0 Å². The molecule has 1 aliphatic carbocycles. The number of ether oxygens (including phenoxy) is 1. The normalized spacial score (nSPS) is 35.3. The van der Waals surface area contributed by atoms with Crippen molar-refractivity contribution in [2.75, 3.05) is 20.6 Å². The number of carbonyl (C=O) groups excluding carboxylic acids is 1. The Hall–Kier alpha value is -0.393. The second-order valence-electron chi connectivity index (χ2n) is 9.48. The molecule has 23 heavy (non-hydrogen) atoms. The van der Waals surface area contributed by atoms with Crippen LogP contribution in [0.15, 0.2) is 0 Å². The third-order valence-electron chi connectivity index (χ3n) is 6.22. The van der Waals surface area contributed by atoms with Crippen LogP contribution in [-0.4, -0.2) is 51.5 Å². The summed E-state index contributed by atoms with van der Waals surface area (Å²) in [6.07, 6.45) is 3.15. The fourth-order valence-corrected chi connectivity index (χ4v) is 5.17. The Morgan fingerprint density at radius 1 is 1.35 bits per heavy atom. The van der Waals surface area contributed by atoms with Crippen LogP contribution in [0.2, 0.25) is 18.1 Å². The second-order valence-corrected chi connectivity index (χ2v) is 14.2. The standard InChI is InChI=1S/C18H35NO3Si/c1-17(2,3)23(7,8)22-13-9-10-18(4)15(11-13)14(12-19(5)6)16(20)21-18/h13-15H,9-12H2,1-8H3/t13-,14?,15-,18-/m1/s1. The van der Waals surface area contributed by atoms with Crippen LogP contribution in [0.25, 0.3) is 0 Å². The number of hydrogen-bond donors (Lipinski definition) is 0. The van der Waals surface area contributed by atoms with Crippen molar-refractivity contribution < 1.29 is 14.0 Å². The Morgan fingerprint density at radius 3 is 2.48 bits per heavy atom. The van der Waals surface area contributed by atoms with Crippen LogP contribution in [0.3, 0.4) is 0 Å². The number of rotatable bonds is 4. The van der Waals surface area contributed by atoms with Crippen LogP contribution < -0.4 is 0 Å². The molecule has 2 rings (SSSR count). The van der Waals surface area contributed by atoms with Gasteiger partial charge in [-0.05, 0) is 58.4 Å². The second kappa shape index (κ2) is 6.16. The van der Waals surface area contributed by atoms with E-state index in [2.05, 4.69) is 45.7 Å². The highest BCUT2D eigenvalue weighted by atomic mass is 28.4. The van der Waals surface area contributed by atoms with Crippen molar-refractivity contribution in [2.24, 2.45) is 11.8 Å². The van der Waals surface area contributed by atoms with Crippen LogP contribution in [0, 0.1) is 11.8 Å². The van der Waals surface area contributed by atoms with Gasteiger partial charge in [-0.3, -0.25) is 4.79 Å². The maximum Gasteiger partial charge on any atom is 0.311 e. The van der Waals surface area contributed by atoms with Crippen molar-refractivity contribution in [3.05, 3.63) is 0 Å². The lowest BCUT2D eigenvalue weighted by atomic mass is 9.71. The SMILES string of the molecule is CN(C)CC1C(=O)O[C@]2(C)CC[C@@H](O[Si](C)(C)C(C)(C)C)C[C@H]12. The lowest BCUT2D eigenvalue weighted by Crippen LogP contribution is -2.49. The molecular formula is C18H35NO3Si. The highest BCUT2D eigenvalue weighted by molar-refractivity contribution is 6.74. The third-order valence-corrected chi connectivity index (χ3v) is 10.8. The first kappa shape index (κ1) is 18.9. The minimum absolute atomic E-state index is 0.0131. The molecule has 1 heterocycles. The van der Waals surface area contributed by atoms with Crippen molar-refractivity contribution in [3.63, 3.8) is 0 Å². The zero-order valence-corrected chi connectivity index (χ0v) is 17.2. The number of nitrogens with zero attached hydrogens (tertiary/aromatic N) is 1. The summed E-state index contributed by atoms with van der Waals surface area (Å²) < 4.78 is 12.4. The van der Waals surface area contributed by atoms with Gasteiger partial charge in [-0.2, -0.15) is 0 Å². The Morgan fingerprint density at radius 2 is 1.96 bits per heavy atom. The van der Waals surface area contributed by atoms with E-state index >= 15 is 0 Å². The highest BCUT2D eigenvalue weighted by Gasteiger charge is 2.56. The molecular weight excluding hydrogens is 306 g/mol. The molecule has 1 aliphatic heterocycles. The number of hydrogen-bond acceptors (Lipinski definition) is 4.